The molecule has 0 N–H and O–H groups in total. The summed E-state index contributed by atoms with van der Waals surface area (Å²) in [7, 11) is 4.11. The van der Waals surface area contributed by atoms with Gasteiger partial charge in [0, 0.05) is 46.8 Å². The van der Waals surface area contributed by atoms with Gasteiger partial charge in [0.25, 0.3) is 0 Å². The third-order valence-electron chi connectivity index (χ3n) is 4.18. The van der Waals surface area contributed by atoms with Crippen LogP contribution in [-0.2, 0) is 27.0 Å². The molecule has 0 saturated heterocycles. The molecule has 1 aromatic carbocycles. The van der Waals surface area contributed by atoms with Crippen LogP contribution in [0.1, 0.15) is 40.2 Å². The number of benzene rings is 1. The van der Waals surface area contributed by atoms with Crippen molar-refractivity contribution in [1.82, 2.24) is 0 Å². The molecule has 3 heteroatoms. The molecule has 0 aliphatic heterocycles. The summed E-state index contributed by atoms with van der Waals surface area (Å²) in [4.78, 5) is 2.12. The van der Waals surface area contributed by atoms with Gasteiger partial charge in [-0.3, -0.25) is 6.08 Å². The first-order valence-electron chi connectivity index (χ1n) is 7.32. The summed E-state index contributed by atoms with van der Waals surface area (Å²) >= 11 is 3.45. The Kier molecular flexibility index (Phi) is 8.98. The van der Waals surface area contributed by atoms with Crippen LogP contribution in [0.4, 0.5) is 5.69 Å². The van der Waals surface area contributed by atoms with Gasteiger partial charge in [-0.2, -0.15) is 11.1 Å². The molecule has 0 heterocycles. The van der Waals surface area contributed by atoms with Crippen LogP contribution >= 0.6 is 15.9 Å². The van der Waals surface area contributed by atoms with Gasteiger partial charge in [0.2, 0.25) is 0 Å². The minimum Gasteiger partial charge on any atom is -0.377 e. The zero-order chi connectivity index (χ0) is 16.2. The summed E-state index contributed by atoms with van der Waals surface area (Å²) in [5.74, 6) is 0. The Hall–Kier alpha value is -0.306. The van der Waals surface area contributed by atoms with Gasteiger partial charge < -0.3 is 4.90 Å². The zero-order valence-electron chi connectivity index (χ0n) is 14.8. The topological polar surface area (TPSA) is 3.24 Å². The van der Waals surface area contributed by atoms with Crippen molar-refractivity contribution in [3.8, 4) is 0 Å². The van der Waals surface area contributed by atoms with Crippen LogP contribution < -0.4 is 4.90 Å². The Morgan fingerprint density at radius 1 is 1.09 bits per heavy atom. The second-order valence-corrected chi connectivity index (χ2v) is 6.84. The first kappa shape index (κ1) is 21.7. The number of para-hydroxylation sites is 1. The van der Waals surface area contributed by atoms with Gasteiger partial charge in [-0.15, -0.1) is 6.92 Å². The molecular formula is C19H27BrNTi-. The summed E-state index contributed by atoms with van der Waals surface area (Å²) in [6.45, 7) is 10.9. The van der Waals surface area contributed by atoms with Crippen LogP contribution in [0.5, 0.6) is 0 Å². The molecule has 0 bridgehead atoms. The van der Waals surface area contributed by atoms with Crippen molar-refractivity contribution >= 4 is 21.6 Å². The average molecular weight is 397 g/mol. The predicted octanol–water partition coefficient (Wildman–Crippen LogP) is 5.76. The maximum Gasteiger partial charge on any atom is 0.0402 e. The molecule has 0 saturated carbocycles. The number of rotatable bonds is 2. The molecule has 0 atom stereocenters. The molecule has 1 aliphatic carbocycles. The maximum absolute atomic E-state index is 3.45. The van der Waals surface area contributed by atoms with Gasteiger partial charge in [-0.25, -0.2) is 5.57 Å². The minimum absolute atomic E-state index is 0. The van der Waals surface area contributed by atoms with Gasteiger partial charge in [0.15, 0.2) is 0 Å². The van der Waals surface area contributed by atoms with E-state index in [0.29, 0.717) is 0 Å². The molecule has 0 fully saturated rings. The molecule has 1 aliphatic rings. The Bertz CT molecular complexity index is 556. The van der Waals surface area contributed by atoms with Gasteiger partial charge in [0.1, 0.15) is 0 Å². The summed E-state index contributed by atoms with van der Waals surface area (Å²) in [5, 5.41) is 0.918. The van der Waals surface area contributed by atoms with Crippen LogP contribution in [0.3, 0.4) is 0 Å². The number of anilines is 1. The molecule has 1 aromatic rings. The van der Waals surface area contributed by atoms with Crippen LogP contribution in [0, 0.1) is 11.5 Å². The van der Waals surface area contributed by atoms with Crippen molar-refractivity contribution in [2.75, 3.05) is 19.0 Å². The zero-order valence-corrected chi connectivity index (χ0v) is 18.0. The minimum atomic E-state index is 0. The Balaban J connectivity index is 0.000000385. The SMILES string of the molecule is CC1=[C-]C(C)(C)C(C)=C1C.CN(C)c1ccccc1CBr.[Ti]. The maximum atomic E-state index is 3.45. The smallest absolute Gasteiger partial charge is 0.0402 e. The van der Waals surface area contributed by atoms with Crippen LogP contribution in [0.25, 0.3) is 0 Å². The summed E-state index contributed by atoms with van der Waals surface area (Å²) < 4.78 is 0. The monoisotopic (exact) mass is 396 g/mol. The molecular weight excluding hydrogens is 370 g/mol. The van der Waals surface area contributed by atoms with E-state index in [4.69, 9.17) is 0 Å². The van der Waals surface area contributed by atoms with E-state index in [2.05, 4.69) is 99.9 Å². The second kappa shape index (κ2) is 9.10. The quantitative estimate of drug-likeness (QED) is 0.349. The molecule has 1 nitrogen and oxygen atoms in total. The third-order valence-corrected chi connectivity index (χ3v) is 4.78. The van der Waals surface area contributed by atoms with Crippen molar-refractivity contribution in [3.05, 3.63) is 52.6 Å². The first-order valence-corrected chi connectivity index (χ1v) is 8.44. The number of alkyl halides is 1. The Labute approximate surface area is 159 Å². The van der Waals surface area contributed by atoms with E-state index < -0.39 is 0 Å². The third kappa shape index (κ3) is 5.40. The van der Waals surface area contributed by atoms with E-state index in [1.54, 1.807) is 0 Å². The fourth-order valence-electron chi connectivity index (χ4n) is 2.47. The number of hydrogen-bond donors (Lipinski definition) is 0. The Morgan fingerprint density at radius 2 is 1.64 bits per heavy atom. The molecule has 0 aromatic heterocycles. The average Bonchev–Trinajstić information content (AvgIpc) is 2.62. The normalized spacial score (nSPS) is 15.5. The molecule has 0 unspecified atom stereocenters. The number of nitrogens with zero attached hydrogens (tertiary/aromatic N) is 1. The fourth-order valence-corrected chi connectivity index (χ4v) is 2.94. The Morgan fingerprint density at radius 3 is 1.91 bits per heavy atom. The summed E-state index contributed by atoms with van der Waals surface area (Å²) in [6, 6.07) is 8.37. The van der Waals surface area contributed by atoms with E-state index in [9.17, 15) is 0 Å². The molecule has 0 amide bonds. The van der Waals surface area contributed by atoms with E-state index in [1.807, 2.05) is 0 Å². The molecule has 2 rings (SSSR count). The van der Waals surface area contributed by atoms with Crippen molar-refractivity contribution in [2.24, 2.45) is 5.41 Å². The summed E-state index contributed by atoms with van der Waals surface area (Å²) in [5.41, 5.74) is 7.01. The van der Waals surface area contributed by atoms with Gasteiger partial charge in [-0.05, 0) is 11.6 Å². The van der Waals surface area contributed by atoms with Gasteiger partial charge in [-0.1, -0.05) is 67.2 Å². The van der Waals surface area contributed by atoms with Gasteiger partial charge >= 0.3 is 0 Å². The number of hydrogen-bond acceptors (Lipinski definition) is 1. The number of halogens is 1. The van der Waals surface area contributed by atoms with Crippen LogP contribution in [-0.4, -0.2) is 14.1 Å². The standard InChI is InChI=1S/C10H15.C9H12BrN.Ti/c1-7-6-10(4,5)9(3)8(7)2;1-11(2)9-6-4-3-5-8(9)7-10;/h1-5H3;3-6H,7H2,1-2H3;/q-1;;. The first-order chi connectivity index (χ1) is 9.70. The van der Waals surface area contributed by atoms with E-state index in [0.717, 1.165) is 5.33 Å². The van der Waals surface area contributed by atoms with E-state index in [1.165, 1.54) is 28.0 Å². The van der Waals surface area contributed by atoms with E-state index >= 15 is 0 Å². The van der Waals surface area contributed by atoms with Crippen LogP contribution in [0.2, 0.25) is 0 Å². The number of allylic oxidation sites excluding steroid dienone is 4. The van der Waals surface area contributed by atoms with Crippen LogP contribution in [0.15, 0.2) is 41.0 Å². The van der Waals surface area contributed by atoms with Gasteiger partial charge in [0.05, 0.1) is 0 Å². The van der Waals surface area contributed by atoms with Crippen molar-refractivity contribution < 1.29 is 21.7 Å². The molecule has 0 spiro atoms. The second-order valence-electron chi connectivity index (χ2n) is 6.28. The predicted molar refractivity (Wildman–Crippen MR) is 98.0 cm³/mol. The molecule has 0 radical (unpaired) electrons. The largest absolute Gasteiger partial charge is 0.377 e. The van der Waals surface area contributed by atoms with Crippen molar-refractivity contribution in [3.63, 3.8) is 0 Å². The molecule has 120 valence electrons. The van der Waals surface area contributed by atoms with Crippen molar-refractivity contribution in [1.29, 1.82) is 0 Å². The summed E-state index contributed by atoms with van der Waals surface area (Å²) in [6.07, 6.45) is 3.44. The fraction of sp³-hybridized carbons (Fsp3) is 0.474. The molecule has 22 heavy (non-hydrogen) atoms. The van der Waals surface area contributed by atoms with Crippen molar-refractivity contribution in [2.45, 2.75) is 39.9 Å². The van der Waals surface area contributed by atoms with E-state index in [-0.39, 0.29) is 27.1 Å².